The Morgan fingerprint density at radius 1 is 1.31 bits per heavy atom. The molecule has 0 radical (unpaired) electrons. The van der Waals surface area contributed by atoms with Gasteiger partial charge in [-0.05, 0) is 11.6 Å². The average molecular weight is 223 g/mol. The summed E-state index contributed by atoms with van der Waals surface area (Å²) in [6.45, 7) is 0. The van der Waals surface area contributed by atoms with Gasteiger partial charge in [0.1, 0.15) is 12.0 Å². The number of nitrogens with zero attached hydrogens (tertiary/aromatic N) is 1. The molecule has 16 heavy (non-hydrogen) atoms. The van der Waals surface area contributed by atoms with E-state index in [1.54, 1.807) is 0 Å². The normalized spacial score (nSPS) is 10.4. The number of hydrogen-bond acceptors (Lipinski definition) is 3. The van der Waals surface area contributed by atoms with Crippen LogP contribution in [0.2, 0.25) is 0 Å². The highest BCUT2D eigenvalue weighted by atomic mass is 19.2. The van der Waals surface area contributed by atoms with E-state index in [1.807, 2.05) is 0 Å². The lowest BCUT2D eigenvalue weighted by molar-refractivity contribution is 0.0983. The number of carbonyl (C=O) groups is 1. The minimum Gasteiger partial charge on any atom is -0.364 e. The summed E-state index contributed by atoms with van der Waals surface area (Å²) in [6.07, 6.45) is 1.01. The van der Waals surface area contributed by atoms with E-state index < -0.39 is 17.4 Å². The number of Topliss-reactive ketones (excluding diaryl/α,β-unsaturated/α-hetero) is 1. The molecule has 5 heteroatoms. The van der Waals surface area contributed by atoms with E-state index in [0.717, 1.165) is 6.07 Å². The van der Waals surface area contributed by atoms with Gasteiger partial charge in [0.2, 0.25) is 0 Å². The van der Waals surface area contributed by atoms with Gasteiger partial charge < -0.3 is 4.52 Å². The molecule has 1 heterocycles. The first-order valence-corrected chi connectivity index (χ1v) is 4.55. The second-order valence-electron chi connectivity index (χ2n) is 3.20. The lowest BCUT2D eigenvalue weighted by Gasteiger charge is -2.01. The number of halogens is 2. The summed E-state index contributed by atoms with van der Waals surface area (Å²) in [6, 6.07) is 5.08. The first-order chi connectivity index (χ1) is 7.68. The maximum atomic E-state index is 13.2. The highest BCUT2D eigenvalue weighted by Gasteiger charge is 2.14. The molecule has 1 aromatic carbocycles. The molecule has 3 nitrogen and oxygen atoms in total. The highest BCUT2D eigenvalue weighted by molar-refractivity contribution is 5.95. The molecule has 0 bridgehead atoms. The fourth-order valence-electron chi connectivity index (χ4n) is 1.30. The molecule has 0 saturated heterocycles. The van der Waals surface area contributed by atoms with Crippen LogP contribution in [0.1, 0.15) is 16.1 Å². The van der Waals surface area contributed by atoms with Crippen LogP contribution in [0.15, 0.2) is 35.1 Å². The van der Waals surface area contributed by atoms with E-state index in [0.29, 0.717) is 0 Å². The lowest BCUT2D eigenvalue weighted by atomic mass is 10.1. The quantitative estimate of drug-likeness (QED) is 0.750. The van der Waals surface area contributed by atoms with Crippen molar-refractivity contribution in [2.45, 2.75) is 6.42 Å². The Morgan fingerprint density at radius 2 is 2.12 bits per heavy atom. The molecule has 0 aliphatic heterocycles. The number of rotatable bonds is 3. The van der Waals surface area contributed by atoms with Crippen LogP contribution >= 0.6 is 0 Å². The van der Waals surface area contributed by atoms with Crippen LogP contribution in [0.5, 0.6) is 0 Å². The second kappa shape index (κ2) is 4.22. The molecule has 0 spiro atoms. The number of aromatic nitrogens is 1. The monoisotopic (exact) mass is 223 g/mol. The molecule has 2 aromatic rings. The van der Waals surface area contributed by atoms with Crippen molar-refractivity contribution < 1.29 is 18.1 Å². The van der Waals surface area contributed by atoms with E-state index in [-0.39, 0.29) is 17.7 Å². The van der Waals surface area contributed by atoms with E-state index in [9.17, 15) is 13.6 Å². The summed E-state index contributed by atoms with van der Waals surface area (Å²) >= 11 is 0. The van der Waals surface area contributed by atoms with Crippen LogP contribution in [0.25, 0.3) is 0 Å². The van der Waals surface area contributed by atoms with Crippen molar-refractivity contribution in [2.75, 3.05) is 0 Å². The molecule has 82 valence electrons. The second-order valence-corrected chi connectivity index (χ2v) is 3.20. The number of hydrogen-bond donors (Lipinski definition) is 0. The van der Waals surface area contributed by atoms with Gasteiger partial charge >= 0.3 is 0 Å². The van der Waals surface area contributed by atoms with Crippen molar-refractivity contribution in [1.29, 1.82) is 0 Å². The van der Waals surface area contributed by atoms with Crippen molar-refractivity contribution in [2.24, 2.45) is 0 Å². The highest BCUT2D eigenvalue weighted by Crippen LogP contribution is 2.13. The molecule has 0 N–H and O–H groups in total. The standard InChI is InChI=1S/C11H7F2NO2/c12-8-3-1-2-7(11(8)13)6-10(15)9-4-5-16-14-9/h1-5H,6H2. The lowest BCUT2D eigenvalue weighted by Crippen LogP contribution is -2.06. The van der Waals surface area contributed by atoms with Crippen LogP contribution in [-0.2, 0) is 6.42 Å². The molecule has 0 atom stereocenters. The number of carbonyl (C=O) groups excluding carboxylic acids is 1. The largest absolute Gasteiger partial charge is 0.364 e. The Hall–Kier alpha value is -2.04. The van der Waals surface area contributed by atoms with Crippen molar-refractivity contribution in [3.8, 4) is 0 Å². The summed E-state index contributed by atoms with van der Waals surface area (Å²) in [7, 11) is 0. The van der Waals surface area contributed by atoms with Gasteiger partial charge in [0.15, 0.2) is 17.4 Å². The zero-order valence-electron chi connectivity index (χ0n) is 8.11. The Labute approximate surface area is 89.7 Å². The van der Waals surface area contributed by atoms with Crippen LogP contribution in [-0.4, -0.2) is 10.9 Å². The Kier molecular flexibility index (Phi) is 2.76. The van der Waals surface area contributed by atoms with E-state index in [4.69, 9.17) is 0 Å². The molecule has 0 aliphatic carbocycles. The summed E-state index contributed by atoms with van der Waals surface area (Å²) in [5.41, 5.74) is 0.108. The number of benzene rings is 1. The van der Waals surface area contributed by atoms with E-state index in [1.165, 1.54) is 24.5 Å². The SMILES string of the molecule is O=C(Cc1cccc(F)c1F)c1ccon1. The molecule has 0 aliphatic rings. The zero-order valence-corrected chi connectivity index (χ0v) is 8.11. The van der Waals surface area contributed by atoms with Gasteiger partial charge in [-0.1, -0.05) is 17.3 Å². The van der Waals surface area contributed by atoms with Crippen LogP contribution < -0.4 is 0 Å². The van der Waals surface area contributed by atoms with Crippen molar-refractivity contribution in [1.82, 2.24) is 5.16 Å². The van der Waals surface area contributed by atoms with Gasteiger partial charge in [0, 0.05) is 12.5 Å². The molecule has 0 unspecified atom stereocenters. The molecule has 1 aromatic heterocycles. The third-order valence-electron chi connectivity index (χ3n) is 2.11. The van der Waals surface area contributed by atoms with Gasteiger partial charge in [-0.25, -0.2) is 8.78 Å². The predicted octanol–water partition coefficient (Wildman–Crippen LogP) is 2.38. The molecule has 0 fully saturated rings. The minimum absolute atomic E-state index is 0.00741. The van der Waals surface area contributed by atoms with E-state index in [2.05, 4.69) is 9.68 Å². The summed E-state index contributed by atoms with van der Waals surface area (Å²) in [5.74, 6) is -2.39. The predicted molar refractivity (Wildman–Crippen MR) is 50.9 cm³/mol. The Morgan fingerprint density at radius 3 is 2.81 bits per heavy atom. The summed E-state index contributed by atoms with van der Waals surface area (Å²) in [4.78, 5) is 11.5. The minimum atomic E-state index is -1.00. The Bertz CT molecular complexity index is 509. The van der Waals surface area contributed by atoms with Gasteiger partial charge in [-0.15, -0.1) is 0 Å². The maximum Gasteiger partial charge on any atom is 0.189 e. The molecule has 0 amide bonds. The first-order valence-electron chi connectivity index (χ1n) is 4.55. The molecular weight excluding hydrogens is 216 g/mol. The summed E-state index contributed by atoms with van der Waals surface area (Å²) < 4.78 is 30.6. The molecule has 0 saturated carbocycles. The van der Waals surface area contributed by atoms with Crippen molar-refractivity contribution in [3.63, 3.8) is 0 Å². The summed E-state index contributed by atoms with van der Waals surface area (Å²) in [5, 5.41) is 3.42. The van der Waals surface area contributed by atoms with Crippen molar-refractivity contribution in [3.05, 3.63) is 53.4 Å². The van der Waals surface area contributed by atoms with Crippen LogP contribution in [0.4, 0.5) is 8.78 Å². The first kappa shape index (κ1) is 10.5. The third-order valence-corrected chi connectivity index (χ3v) is 2.11. The maximum absolute atomic E-state index is 13.2. The van der Waals surface area contributed by atoms with Gasteiger partial charge in [0.05, 0.1) is 0 Å². The van der Waals surface area contributed by atoms with Gasteiger partial charge in [0.25, 0.3) is 0 Å². The number of ketones is 1. The fourth-order valence-corrected chi connectivity index (χ4v) is 1.30. The zero-order chi connectivity index (χ0) is 11.5. The fraction of sp³-hybridized carbons (Fsp3) is 0.0909. The molecular formula is C11H7F2NO2. The average Bonchev–Trinajstić information content (AvgIpc) is 2.78. The van der Waals surface area contributed by atoms with Gasteiger partial charge in [-0.2, -0.15) is 0 Å². The van der Waals surface area contributed by atoms with Crippen LogP contribution in [0.3, 0.4) is 0 Å². The van der Waals surface area contributed by atoms with E-state index >= 15 is 0 Å². The van der Waals surface area contributed by atoms with Crippen molar-refractivity contribution >= 4 is 5.78 Å². The topological polar surface area (TPSA) is 43.1 Å². The van der Waals surface area contributed by atoms with Gasteiger partial charge in [-0.3, -0.25) is 4.79 Å². The third kappa shape index (κ3) is 1.98. The smallest absolute Gasteiger partial charge is 0.189 e. The van der Waals surface area contributed by atoms with Crippen LogP contribution in [0, 0.1) is 11.6 Å². The molecule has 2 rings (SSSR count). The Balaban J connectivity index is 2.22.